The van der Waals surface area contributed by atoms with Crippen LogP contribution in [0.4, 0.5) is 10.5 Å². The number of hydrogen-bond acceptors (Lipinski definition) is 5. The Labute approximate surface area is 228 Å². The summed E-state index contributed by atoms with van der Waals surface area (Å²) in [4.78, 5) is 35.6. The molecule has 5 rings (SSSR count). The van der Waals surface area contributed by atoms with Crippen LogP contribution in [0, 0.1) is 0 Å². The predicted molar refractivity (Wildman–Crippen MR) is 150 cm³/mol. The molecule has 9 heteroatoms. The third kappa shape index (κ3) is 5.67. The Morgan fingerprint density at radius 1 is 1.03 bits per heavy atom. The number of pyridine rings is 1. The molecule has 1 fully saturated rings. The summed E-state index contributed by atoms with van der Waals surface area (Å²) in [6, 6.07) is 19.4. The molecule has 9 nitrogen and oxygen atoms in total. The summed E-state index contributed by atoms with van der Waals surface area (Å²) in [5.74, 6) is 1.20. The number of benzene rings is 2. The summed E-state index contributed by atoms with van der Waals surface area (Å²) in [6.45, 7) is 2.35. The highest BCUT2D eigenvalue weighted by Gasteiger charge is 2.28. The molecule has 0 atom stereocenters. The molecule has 1 aliphatic rings. The molecular weight excluding hydrogens is 494 g/mol. The van der Waals surface area contributed by atoms with Crippen molar-refractivity contribution in [1.29, 1.82) is 0 Å². The van der Waals surface area contributed by atoms with Crippen LogP contribution in [0.3, 0.4) is 0 Å². The molecule has 0 radical (unpaired) electrons. The van der Waals surface area contributed by atoms with Gasteiger partial charge in [-0.25, -0.2) is 9.78 Å². The molecule has 3 amide bonds. The van der Waals surface area contributed by atoms with E-state index in [0.717, 1.165) is 34.3 Å². The number of fused-ring (bicyclic) bond motifs is 1. The molecule has 0 saturated carbocycles. The van der Waals surface area contributed by atoms with E-state index in [0.29, 0.717) is 37.7 Å². The van der Waals surface area contributed by atoms with Crippen molar-refractivity contribution in [3.8, 4) is 11.5 Å². The lowest BCUT2D eigenvalue weighted by molar-refractivity contribution is -0.129. The summed E-state index contributed by atoms with van der Waals surface area (Å²) >= 11 is 0. The maximum absolute atomic E-state index is 13.6. The smallest absolute Gasteiger partial charge is 0.324 e. The van der Waals surface area contributed by atoms with E-state index in [9.17, 15) is 9.59 Å². The van der Waals surface area contributed by atoms with E-state index in [1.807, 2.05) is 76.3 Å². The number of aromatic nitrogens is 2. The summed E-state index contributed by atoms with van der Waals surface area (Å²) in [6.07, 6.45) is 4.45. The number of methoxy groups -OCH3 is 1. The number of anilines is 1. The third-order valence-electron chi connectivity index (χ3n) is 6.93. The maximum Gasteiger partial charge on any atom is 0.324 e. The van der Waals surface area contributed by atoms with Crippen LogP contribution in [0.2, 0.25) is 0 Å². The number of hydrogen-bond donors (Lipinski definition) is 0. The van der Waals surface area contributed by atoms with Crippen LogP contribution in [-0.4, -0.2) is 65.6 Å². The molecule has 0 aliphatic carbocycles. The summed E-state index contributed by atoms with van der Waals surface area (Å²) in [5.41, 5.74) is 3.54. The predicted octanol–water partition coefficient (Wildman–Crippen LogP) is 4.54. The second-order valence-electron chi connectivity index (χ2n) is 9.76. The van der Waals surface area contributed by atoms with Gasteiger partial charge in [-0.2, -0.15) is 0 Å². The third-order valence-corrected chi connectivity index (χ3v) is 6.93. The first-order valence-electron chi connectivity index (χ1n) is 13.0. The standard InChI is InChI=1S/C30H33N5O4/c1-32(2)28(36)20-33-17-13-25-23(12-14-31-29(25)33)19-34-15-7-16-35(30(34)37)24-10-11-26(38-3)27(18-24)39-21-22-8-5-4-6-9-22/h4-6,8-14,17-18H,7,15-16,19-21H2,1-3H3. The Morgan fingerprint density at radius 3 is 2.62 bits per heavy atom. The van der Waals surface area contributed by atoms with Crippen molar-refractivity contribution in [1.82, 2.24) is 19.4 Å². The zero-order valence-corrected chi connectivity index (χ0v) is 22.5. The van der Waals surface area contributed by atoms with Crippen molar-refractivity contribution in [2.24, 2.45) is 0 Å². The minimum atomic E-state index is -0.0624. The Kier molecular flexibility index (Phi) is 7.67. The average Bonchev–Trinajstić information content (AvgIpc) is 3.37. The van der Waals surface area contributed by atoms with Gasteiger partial charge < -0.3 is 23.8 Å². The number of carbonyl (C=O) groups excluding carboxylic acids is 2. The van der Waals surface area contributed by atoms with Gasteiger partial charge in [0.05, 0.1) is 7.11 Å². The number of carbonyl (C=O) groups is 2. The second kappa shape index (κ2) is 11.5. The number of nitrogens with zero attached hydrogens (tertiary/aromatic N) is 5. The number of likely N-dealkylation sites (N-methyl/N-ethyl adjacent to an activating group) is 1. The number of urea groups is 1. The monoisotopic (exact) mass is 527 g/mol. The Morgan fingerprint density at radius 2 is 1.85 bits per heavy atom. The minimum absolute atomic E-state index is 0.00633. The fraction of sp³-hybridized carbons (Fsp3) is 0.300. The quantitative estimate of drug-likeness (QED) is 0.319. The van der Waals surface area contributed by atoms with Crippen LogP contribution < -0.4 is 14.4 Å². The molecular formula is C30H33N5O4. The molecule has 4 aromatic rings. The van der Waals surface area contributed by atoms with Gasteiger partial charge in [0.25, 0.3) is 0 Å². The summed E-state index contributed by atoms with van der Waals surface area (Å²) in [7, 11) is 5.08. The van der Waals surface area contributed by atoms with Gasteiger partial charge in [-0.15, -0.1) is 0 Å². The van der Waals surface area contributed by atoms with E-state index in [-0.39, 0.29) is 18.5 Å². The first kappa shape index (κ1) is 26.1. The lowest BCUT2D eigenvalue weighted by atomic mass is 10.1. The average molecular weight is 528 g/mol. The lowest BCUT2D eigenvalue weighted by Crippen LogP contribution is -2.49. The topological polar surface area (TPSA) is 80.1 Å². The van der Waals surface area contributed by atoms with Crippen molar-refractivity contribution >= 4 is 28.7 Å². The van der Waals surface area contributed by atoms with E-state index < -0.39 is 0 Å². The lowest BCUT2D eigenvalue weighted by Gasteiger charge is -2.36. The number of ether oxygens (including phenoxy) is 2. The Bertz CT molecular complexity index is 1470. The molecule has 0 bridgehead atoms. The molecule has 0 spiro atoms. The van der Waals surface area contributed by atoms with Gasteiger partial charge in [0.2, 0.25) is 5.91 Å². The molecule has 202 valence electrons. The van der Waals surface area contributed by atoms with Gasteiger partial charge in [-0.3, -0.25) is 9.69 Å². The highest BCUT2D eigenvalue weighted by Crippen LogP contribution is 2.34. The molecule has 2 aromatic heterocycles. The van der Waals surface area contributed by atoms with Crippen molar-refractivity contribution in [2.45, 2.75) is 26.1 Å². The van der Waals surface area contributed by atoms with Gasteiger partial charge in [0.1, 0.15) is 18.8 Å². The molecule has 39 heavy (non-hydrogen) atoms. The second-order valence-corrected chi connectivity index (χ2v) is 9.76. The zero-order valence-electron chi connectivity index (χ0n) is 22.5. The Balaban J connectivity index is 1.34. The largest absolute Gasteiger partial charge is 0.493 e. The van der Waals surface area contributed by atoms with Gasteiger partial charge in [0, 0.05) is 63.3 Å². The van der Waals surface area contributed by atoms with Gasteiger partial charge in [-0.1, -0.05) is 30.3 Å². The van der Waals surface area contributed by atoms with E-state index in [4.69, 9.17) is 9.47 Å². The summed E-state index contributed by atoms with van der Waals surface area (Å²) < 4.78 is 13.4. The van der Waals surface area contributed by atoms with Gasteiger partial charge >= 0.3 is 6.03 Å². The minimum Gasteiger partial charge on any atom is -0.493 e. The molecule has 1 aliphatic heterocycles. The molecule has 0 N–H and O–H groups in total. The molecule has 0 unspecified atom stereocenters. The maximum atomic E-state index is 13.6. The fourth-order valence-electron chi connectivity index (χ4n) is 4.75. The normalized spacial score (nSPS) is 13.6. The molecule has 1 saturated heterocycles. The van der Waals surface area contributed by atoms with E-state index in [1.165, 1.54) is 0 Å². The van der Waals surface area contributed by atoms with Crippen LogP contribution in [0.15, 0.2) is 73.1 Å². The molecule has 3 heterocycles. The zero-order chi connectivity index (χ0) is 27.4. The van der Waals surface area contributed by atoms with Crippen molar-refractivity contribution in [2.75, 3.05) is 39.2 Å². The molecule has 2 aromatic carbocycles. The van der Waals surface area contributed by atoms with Crippen LogP contribution in [-0.2, 0) is 24.5 Å². The van der Waals surface area contributed by atoms with Crippen molar-refractivity contribution < 1.29 is 19.1 Å². The van der Waals surface area contributed by atoms with Crippen LogP contribution in [0.25, 0.3) is 11.0 Å². The highest BCUT2D eigenvalue weighted by molar-refractivity contribution is 5.93. The number of amides is 3. The highest BCUT2D eigenvalue weighted by atomic mass is 16.5. The Hall–Kier alpha value is -4.53. The van der Waals surface area contributed by atoms with Crippen LogP contribution in [0.1, 0.15) is 17.5 Å². The van der Waals surface area contributed by atoms with Crippen molar-refractivity contribution in [3.63, 3.8) is 0 Å². The fourth-order valence-corrected chi connectivity index (χ4v) is 4.75. The number of rotatable bonds is 9. The first-order chi connectivity index (χ1) is 18.9. The summed E-state index contributed by atoms with van der Waals surface area (Å²) in [5, 5.41) is 0.940. The van der Waals surface area contributed by atoms with Crippen LogP contribution >= 0.6 is 0 Å². The van der Waals surface area contributed by atoms with Gasteiger partial charge in [0.15, 0.2) is 11.5 Å². The van der Waals surface area contributed by atoms with E-state index >= 15 is 0 Å². The van der Waals surface area contributed by atoms with E-state index in [2.05, 4.69) is 4.98 Å². The van der Waals surface area contributed by atoms with E-state index in [1.54, 1.807) is 37.2 Å². The van der Waals surface area contributed by atoms with Gasteiger partial charge in [-0.05, 0) is 41.8 Å². The van der Waals surface area contributed by atoms with Crippen molar-refractivity contribution in [3.05, 3.63) is 84.2 Å². The first-order valence-corrected chi connectivity index (χ1v) is 13.0. The SMILES string of the molecule is COc1ccc(N2CCCN(Cc3ccnc4c3ccn4CC(=O)N(C)C)C2=O)cc1OCc1ccccc1. The van der Waals surface area contributed by atoms with Crippen LogP contribution in [0.5, 0.6) is 11.5 Å².